The quantitative estimate of drug-likeness (QED) is 0.438. The summed E-state index contributed by atoms with van der Waals surface area (Å²) < 4.78 is 78.6. The van der Waals surface area contributed by atoms with Crippen LogP contribution in [0.25, 0.3) is 10.8 Å². The van der Waals surface area contributed by atoms with Crippen molar-refractivity contribution in [2.24, 2.45) is 5.10 Å². The van der Waals surface area contributed by atoms with Gasteiger partial charge in [0, 0.05) is 16.8 Å². The van der Waals surface area contributed by atoms with E-state index in [9.17, 15) is 30.3 Å². The molecule has 0 fully saturated rings. The first kappa shape index (κ1) is 18.1. The highest BCUT2D eigenvalue weighted by Gasteiger charge is 2.21. The lowest BCUT2D eigenvalue weighted by Crippen LogP contribution is -2.38. The Balaban J connectivity index is 2.22. The van der Waals surface area contributed by atoms with Gasteiger partial charge in [-0.25, -0.2) is 5.43 Å². The van der Waals surface area contributed by atoms with Crippen LogP contribution in [-0.2, 0) is 20.2 Å². The molecule has 13 heteroatoms. The summed E-state index contributed by atoms with van der Waals surface area (Å²) in [6.45, 7) is 0. The van der Waals surface area contributed by atoms with E-state index in [1.165, 1.54) is 18.2 Å². The third-order valence-electron chi connectivity index (χ3n) is 3.32. The van der Waals surface area contributed by atoms with Crippen LogP contribution in [-0.4, -0.2) is 37.4 Å². The van der Waals surface area contributed by atoms with E-state index in [2.05, 4.69) is 16.0 Å². The maximum atomic E-state index is 13.2. The van der Waals surface area contributed by atoms with Crippen LogP contribution in [0.4, 0.5) is 10.1 Å². The number of anilines is 1. The van der Waals surface area contributed by atoms with Crippen LogP contribution in [0.3, 0.4) is 0 Å². The lowest BCUT2D eigenvalue weighted by Gasteiger charge is -2.23. The van der Waals surface area contributed by atoms with E-state index in [0.717, 1.165) is 29.7 Å². The first-order chi connectivity index (χ1) is 12.1. The van der Waals surface area contributed by atoms with E-state index < -0.39 is 36.0 Å². The Labute approximate surface area is 147 Å². The van der Waals surface area contributed by atoms with Crippen LogP contribution in [0, 0.1) is 0 Å². The van der Waals surface area contributed by atoms with Crippen LogP contribution in [0.1, 0.15) is 0 Å². The molecule has 0 atom stereocenters. The first-order valence-corrected chi connectivity index (χ1v) is 9.69. The van der Waals surface area contributed by atoms with Crippen molar-refractivity contribution in [2.75, 3.05) is 5.43 Å². The van der Waals surface area contributed by atoms with E-state index in [4.69, 9.17) is 0 Å². The van der Waals surface area contributed by atoms with E-state index in [1.807, 2.05) is 0 Å². The maximum Gasteiger partial charge on any atom is 0.295 e. The molecule has 1 aliphatic heterocycles. The highest BCUT2D eigenvalue weighted by atomic mass is 32.2. The minimum atomic E-state index is -4.75. The Hall–Kier alpha value is -2.74. The number of hydrazone groups is 1. The highest BCUT2D eigenvalue weighted by molar-refractivity contribution is 7.86. The molecule has 0 spiro atoms. The number of allylic oxidation sites excluding steroid dienone is 1. The zero-order valence-electron chi connectivity index (χ0n) is 12.7. The summed E-state index contributed by atoms with van der Waals surface area (Å²) in [5, 5.41) is 4.19. The number of hydrogen-bond donors (Lipinski definition) is 4. The number of hydrazine groups is 2. The van der Waals surface area contributed by atoms with E-state index >= 15 is 0 Å². The monoisotopic (exact) mass is 402 g/mol. The maximum absolute atomic E-state index is 13.2. The Morgan fingerprint density at radius 3 is 2.35 bits per heavy atom. The fraction of sp³-hybridized carbons (Fsp3) is 0. The van der Waals surface area contributed by atoms with Gasteiger partial charge in [0.25, 0.3) is 20.2 Å². The van der Waals surface area contributed by atoms with E-state index in [1.54, 1.807) is 0 Å². The zero-order chi connectivity index (χ0) is 19.1. The summed E-state index contributed by atoms with van der Waals surface area (Å²) in [5.41, 5.74) is 4.59. The van der Waals surface area contributed by atoms with Gasteiger partial charge in [-0.15, -0.1) is 10.3 Å². The fourth-order valence-electron chi connectivity index (χ4n) is 2.34. The van der Waals surface area contributed by atoms with Crippen molar-refractivity contribution in [2.45, 2.75) is 9.79 Å². The van der Waals surface area contributed by atoms with Gasteiger partial charge in [-0.1, -0.05) is 12.1 Å². The molecule has 0 unspecified atom stereocenters. The lowest BCUT2D eigenvalue weighted by atomic mass is 10.1. The van der Waals surface area contributed by atoms with Gasteiger partial charge in [0.05, 0.1) is 11.9 Å². The van der Waals surface area contributed by atoms with Gasteiger partial charge in [-0.2, -0.15) is 21.2 Å². The number of nitrogens with one attached hydrogen (secondary N) is 2. The average Bonchev–Trinajstić information content (AvgIpc) is 2.51. The second-order valence-corrected chi connectivity index (χ2v) is 7.87. The number of rotatable bonds is 4. The number of nitrogens with zero attached hydrogens (tertiary/aromatic N) is 2. The molecule has 0 saturated carbocycles. The highest BCUT2D eigenvalue weighted by Crippen LogP contribution is 2.32. The van der Waals surface area contributed by atoms with Crippen molar-refractivity contribution in [1.82, 2.24) is 10.7 Å². The second-order valence-electron chi connectivity index (χ2n) is 5.09. The van der Waals surface area contributed by atoms with Crippen molar-refractivity contribution in [3.8, 4) is 0 Å². The van der Waals surface area contributed by atoms with Gasteiger partial charge >= 0.3 is 0 Å². The molecule has 2 aromatic carbocycles. The molecule has 0 aliphatic carbocycles. The van der Waals surface area contributed by atoms with Gasteiger partial charge in [-0.3, -0.25) is 14.5 Å². The van der Waals surface area contributed by atoms with Crippen molar-refractivity contribution in [3.05, 3.63) is 42.4 Å². The molecule has 0 saturated heterocycles. The Bertz CT molecular complexity index is 1160. The largest absolute Gasteiger partial charge is 0.295 e. The normalized spacial score (nSPS) is 14.9. The lowest BCUT2D eigenvalue weighted by molar-refractivity contribution is 0.239. The van der Waals surface area contributed by atoms with Crippen LogP contribution in [0.5, 0.6) is 0 Å². The zero-order valence-corrected chi connectivity index (χ0v) is 14.3. The summed E-state index contributed by atoms with van der Waals surface area (Å²) >= 11 is 0. The van der Waals surface area contributed by atoms with Gasteiger partial charge < -0.3 is 0 Å². The van der Waals surface area contributed by atoms with Crippen LogP contribution >= 0.6 is 0 Å². The SMILES string of the molecule is O=S(=O)(O)c1cc(NN2N=CC=C(F)N2)cc2c(S(=O)(=O)O)cccc12. The average molecular weight is 402 g/mol. The predicted octanol–water partition coefficient (Wildman–Crippen LogP) is 1.28. The second kappa shape index (κ2) is 6.21. The molecule has 10 nitrogen and oxygen atoms in total. The van der Waals surface area contributed by atoms with Crippen molar-refractivity contribution in [1.29, 1.82) is 0 Å². The summed E-state index contributed by atoms with van der Waals surface area (Å²) in [6, 6.07) is 5.73. The molecule has 3 rings (SSSR count). The van der Waals surface area contributed by atoms with Gasteiger partial charge in [0.15, 0.2) is 0 Å². The van der Waals surface area contributed by atoms with Crippen LogP contribution < -0.4 is 10.9 Å². The molecule has 0 bridgehead atoms. The van der Waals surface area contributed by atoms with Crippen molar-refractivity contribution >= 4 is 42.9 Å². The van der Waals surface area contributed by atoms with Gasteiger partial charge in [0.1, 0.15) is 9.79 Å². The number of hydrogen-bond acceptors (Lipinski definition) is 8. The molecule has 4 N–H and O–H groups in total. The molecule has 0 amide bonds. The number of benzene rings is 2. The van der Waals surface area contributed by atoms with Gasteiger partial charge in [-0.05, 0) is 18.2 Å². The number of halogens is 1. The Morgan fingerprint density at radius 2 is 1.73 bits per heavy atom. The minimum Gasteiger partial charge on any atom is -0.282 e. The molecule has 0 aromatic heterocycles. The molecule has 2 aromatic rings. The molecule has 1 heterocycles. The number of fused-ring (bicyclic) bond motifs is 1. The smallest absolute Gasteiger partial charge is 0.282 e. The fourth-order valence-corrected chi connectivity index (χ4v) is 3.77. The van der Waals surface area contributed by atoms with Crippen molar-refractivity contribution in [3.63, 3.8) is 0 Å². The topological polar surface area (TPSA) is 148 Å². The molecule has 138 valence electrons. The molecule has 1 aliphatic rings. The summed E-state index contributed by atoms with van der Waals surface area (Å²) in [4.78, 5) is -1.18. The van der Waals surface area contributed by atoms with Crippen LogP contribution in [0.15, 0.2) is 57.3 Å². The Morgan fingerprint density at radius 1 is 1.04 bits per heavy atom. The van der Waals surface area contributed by atoms with E-state index in [-0.39, 0.29) is 16.5 Å². The first-order valence-electron chi connectivity index (χ1n) is 6.81. The molecular formula is C13H11FN4O6S2. The van der Waals surface area contributed by atoms with Crippen molar-refractivity contribution < 1.29 is 30.3 Å². The summed E-state index contributed by atoms with van der Waals surface area (Å²) in [6.07, 6.45) is 2.13. The Kier molecular flexibility index (Phi) is 4.31. The van der Waals surface area contributed by atoms with Crippen LogP contribution in [0.2, 0.25) is 0 Å². The third kappa shape index (κ3) is 3.60. The molecule has 0 radical (unpaired) electrons. The van der Waals surface area contributed by atoms with Gasteiger partial charge in [0.2, 0.25) is 5.95 Å². The standard InChI is InChI=1S/C13H11FN4O6S2/c14-13-4-5-15-18(17-13)16-8-6-10-9(12(7-8)26(22,23)24)2-1-3-11(10)25(19,20)21/h1-7,16-17H,(H,19,20,21)(H,22,23,24). The third-order valence-corrected chi connectivity index (χ3v) is 5.13. The van der Waals surface area contributed by atoms with E-state index in [0.29, 0.717) is 0 Å². The predicted molar refractivity (Wildman–Crippen MR) is 89.9 cm³/mol. The summed E-state index contributed by atoms with van der Waals surface area (Å²) in [7, 11) is -9.43. The molecular weight excluding hydrogens is 391 g/mol. The minimum absolute atomic E-state index is 0.0550. The summed E-state index contributed by atoms with van der Waals surface area (Å²) in [5.74, 6) is -0.762. The molecule has 26 heavy (non-hydrogen) atoms.